The molecule has 1 aliphatic rings. The van der Waals surface area contributed by atoms with Gasteiger partial charge in [-0.25, -0.2) is 0 Å². The van der Waals surface area contributed by atoms with Crippen LogP contribution in [0.2, 0.25) is 0 Å². The van der Waals surface area contributed by atoms with E-state index in [0.29, 0.717) is 18.5 Å². The Labute approximate surface area is 154 Å². The zero-order valence-corrected chi connectivity index (χ0v) is 15.5. The molecule has 0 bridgehead atoms. The first-order chi connectivity index (χ1) is 12.1. The maximum absolute atomic E-state index is 5.39. The van der Waals surface area contributed by atoms with Gasteiger partial charge in [-0.1, -0.05) is 29.8 Å². The summed E-state index contributed by atoms with van der Waals surface area (Å²) in [6.07, 6.45) is 2.11. The van der Waals surface area contributed by atoms with Crippen LogP contribution in [0.3, 0.4) is 0 Å². The van der Waals surface area contributed by atoms with Crippen molar-refractivity contribution in [3.8, 4) is 11.5 Å². The molecule has 2 aromatic carbocycles. The van der Waals surface area contributed by atoms with Crippen molar-refractivity contribution >= 4 is 17.3 Å². The number of hydrogen-bond acceptors (Lipinski definition) is 3. The lowest BCUT2D eigenvalue weighted by molar-refractivity contribution is 0.174. The van der Waals surface area contributed by atoms with E-state index in [0.717, 1.165) is 36.4 Å². The van der Waals surface area contributed by atoms with E-state index in [-0.39, 0.29) is 0 Å². The van der Waals surface area contributed by atoms with Crippen LogP contribution in [0.1, 0.15) is 28.7 Å². The van der Waals surface area contributed by atoms with Gasteiger partial charge in [-0.3, -0.25) is 0 Å². The molecular formula is C20H24N2O2S. The second-order valence-corrected chi connectivity index (χ2v) is 6.74. The van der Waals surface area contributed by atoms with E-state index >= 15 is 0 Å². The molecule has 2 N–H and O–H groups in total. The number of thiocarbonyl (C=S) groups is 1. The summed E-state index contributed by atoms with van der Waals surface area (Å²) in [6, 6.07) is 12.6. The molecule has 0 aromatic heterocycles. The lowest BCUT2D eigenvalue weighted by Gasteiger charge is -2.11. The second-order valence-electron chi connectivity index (χ2n) is 6.33. The van der Waals surface area contributed by atoms with Crippen molar-refractivity contribution in [1.82, 2.24) is 10.6 Å². The fourth-order valence-electron chi connectivity index (χ4n) is 2.90. The fourth-order valence-corrected chi connectivity index (χ4v) is 3.08. The van der Waals surface area contributed by atoms with Crippen molar-refractivity contribution in [2.75, 3.05) is 13.3 Å². The molecule has 0 unspecified atom stereocenters. The van der Waals surface area contributed by atoms with Gasteiger partial charge in [0.05, 0.1) is 0 Å². The Morgan fingerprint density at radius 3 is 2.72 bits per heavy atom. The molecule has 1 aliphatic heterocycles. The third-order valence-electron chi connectivity index (χ3n) is 4.30. The summed E-state index contributed by atoms with van der Waals surface area (Å²) in [7, 11) is 0. The first kappa shape index (κ1) is 17.5. The Hall–Kier alpha value is -2.27. The first-order valence-corrected chi connectivity index (χ1v) is 8.99. The predicted molar refractivity (Wildman–Crippen MR) is 104 cm³/mol. The number of aryl methyl sites for hydroxylation is 3. The monoisotopic (exact) mass is 356 g/mol. The van der Waals surface area contributed by atoms with Crippen LogP contribution >= 0.6 is 12.2 Å². The largest absolute Gasteiger partial charge is 0.454 e. The summed E-state index contributed by atoms with van der Waals surface area (Å²) < 4.78 is 10.7. The van der Waals surface area contributed by atoms with Crippen LogP contribution in [0, 0.1) is 13.8 Å². The maximum atomic E-state index is 5.39. The highest BCUT2D eigenvalue weighted by Crippen LogP contribution is 2.32. The first-order valence-electron chi connectivity index (χ1n) is 8.58. The van der Waals surface area contributed by atoms with Gasteiger partial charge in [0.15, 0.2) is 16.6 Å². The van der Waals surface area contributed by atoms with Crippen LogP contribution in [0.4, 0.5) is 0 Å². The van der Waals surface area contributed by atoms with Crippen molar-refractivity contribution in [3.05, 3.63) is 58.7 Å². The van der Waals surface area contributed by atoms with Gasteiger partial charge in [-0.15, -0.1) is 0 Å². The predicted octanol–water partition coefficient (Wildman–Crippen LogP) is 3.63. The highest BCUT2D eigenvalue weighted by atomic mass is 32.1. The molecule has 0 fully saturated rings. The molecule has 0 atom stereocenters. The highest BCUT2D eigenvalue weighted by Gasteiger charge is 2.13. The number of benzene rings is 2. The fraction of sp³-hybridized carbons (Fsp3) is 0.350. The van der Waals surface area contributed by atoms with Gasteiger partial charge in [0.2, 0.25) is 6.79 Å². The Morgan fingerprint density at radius 2 is 1.88 bits per heavy atom. The van der Waals surface area contributed by atoms with Crippen molar-refractivity contribution in [2.45, 2.75) is 33.2 Å². The van der Waals surface area contributed by atoms with Gasteiger partial charge in [0, 0.05) is 13.1 Å². The van der Waals surface area contributed by atoms with E-state index in [1.807, 2.05) is 18.2 Å². The van der Waals surface area contributed by atoms with E-state index in [1.54, 1.807) is 0 Å². The minimum absolute atomic E-state index is 0.298. The number of hydrogen-bond donors (Lipinski definition) is 2. The summed E-state index contributed by atoms with van der Waals surface area (Å²) >= 11 is 5.35. The van der Waals surface area contributed by atoms with Gasteiger partial charge in [0.1, 0.15) is 0 Å². The van der Waals surface area contributed by atoms with E-state index in [1.165, 1.54) is 16.7 Å². The molecule has 0 spiro atoms. The number of rotatable bonds is 6. The quantitative estimate of drug-likeness (QED) is 0.611. The van der Waals surface area contributed by atoms with Gasteiger partial charge in [-0.05, 0) is 67.7 Å². The Kier molecular flexibility index (Phi) is 5.76. The SMILES string of the molecule is Cc1ccc(CCCNC(=S)NCc2ccc3c(c2)OCO3)c(C)c1. The number of fused-ring (bicyclic) bond motifs is 1. The van der Waals surface area contributed by atoms with Crippen molar-refractivity contribution in [1.29, 1.82) is 0 Å². The summed E-state index contributed by atoms with van der Waals surface area (Å²) in [6.45, 7) is 6.13. The van der Waals surface area contributed by atoms with Crippen LogP contribution in [0.5, 0.6) is 11.5 Å². The summed E-state index contributed by atoms with van der Waals surface area (Å²) in [5, 5.41) is 7.18. The zero-order chi connectivity index (χ0) is 17.6. The molecule has 25 heavy (non-hydrogen) atoms. The molecule has 3 rings (SSSR count). The van der Waals surface area contributed by atoms with Crippen molar-refractivity contribution in [3.63, 3.8) is 0 Å². The molecule has 0 saturated carbocycles. The third-order valence-corrected chi connectivity index (χ3v) is 4.59. The van der Waals surface area contributed by atoms with E-state index < -0.39 is 0 Å². The lowest BCUT2D eigenvalue weighted by Crippen LogP contribution is -2.35. The van der Waals surface area contributed by atoms with Gasteiger partial charge < -0.3 is 20.1 Å². The Balaban J connectivity index is 1.37. The Morgan fingerprint density at radius 1 is 1.04 bits per heavy atom. The van der Waals surface area contributed by atoms with Crippen LogP contribution in [-0.2, 0) is 13.0 Å². The molecule has 0 amide bonds. The topological polar surface area (TPSA) is 42.5 Å². The average molecular weight is 356 g/mol. The number of ether oxygens (including phenoxy) is 2. The molecule has 2 aromatic rings. The normalized spacial score (nSPS) is 12.1. The van der Waals surface area contributed by atoms with Gasteiger partial charge in [0.25, 0.3) is 0 Å². The standard InChI is InChI=1S/C20H24N2O2S/c1-14-5-7-17(15(2)10-14)4-3-9-21-20(25)22-12-16-6-8-18-19(11-16)24-13-23-18/h5-8,10-11H,3-4,9,12-13H2,1-2H3,(H2,21,22,25). The maximum Gasteiger partial charge on any atom is 0.231 e. The molecular weight excluding hydrogens is 332 g/mol. The molecule has 132 valence electrons. The minimum Gasteiger partial charge on any atom is -0.454 e. The summed E-state index contributed by atoms with van der Waals surface area (Å²) in [5.74, 6) is 1.60. The molecule has 5 heteroatoms. The number of nitrogens with one attached hydrogen (secondary N) is 2. The minimum atomic E-state index is 0.298. The van der Waals surface area contributed by atoms with E-state index in [2.05, 4.69) is 42.7 Å². The van der Waals surface area contributed by atoms with Crippen LogP contribution in [-0.4, -0.2) is 18.5 Å². The van der Waals surface area contributed by atoms with Crippen molar-refractivity contribution < 1.29 is 9.47 Å². The molecule has 4 nitrogen and oxygen atoms in total. The van der Waals surface area contributed by atoms with Crippen LogP contribution in [0.25, 0.3) is 0 Å². The average Bonchev–Trinajstić information content (AvgIpc) is 3.06. The van der Waals surface area contributed by atoms with Crippen LogP contribution in [0.15, 0.2) is 36.4 Å². The van der Waals surface area contributed by atoms with E-state index in [4.69, 9.17) is 21.7 Å². The van der Waals surface area contributed by atoms with Crippen molar-refractivity contribution in [2.24, 2.45) is 0 Å². The van der Waals surface area contributed by atoms with Gasteiger partial charge in [-0.2, -0.15) is 0 Å². The molecule has 1 heterocycles. The second kappa shape index (κ2) is 8.21. The van der Waals surface area contributed by atoms with Crippen LogP contribution < -0.4 is 20.1 Å². The van der Waals surface area contributed by atoms with Gasteiger partial charge >= 0.3 is 0 Å². The molecule has 0 aliphatic carbocycles. The molecule has 0 radical (unpaired) electrons. The highest BCUT2D eigenvalue weighted by molar-refractivity contribution is 7.80. The smallest absolute Gasteiger partial charge is 0.231 e. The summed E-state index contributed by atoms with van der Waals surface area (Å²) in [5.41, 5.74) is 5.20. The Bertz CT molecular complexity index is 761. The lowest BCUT2D eigenvalue weighted by atomic mass is 10.0. The zero-order valence-electron chi connectivity index (χ0n) is 14.7. The molecule has 0 saturated heterocycles. The third kappa shape index (κ3) is 4.86. The van der Waals surface area contributed by atoms with E-state index in [9.17, 15) is 0 Å². The summed E-state index contributed by atoms with van der Waals surface area (Å²) in [4.78, 5) is 0.